The molecule has 0 fully saturated rings. The Morgan fingerprint density at radius 3 is 2.72 bits per heavy atom. The van der Waals surface area contributed by atoms with Gasteiger partial charge in [-0.1, -0.05) is 68.5 Å². The number of rotatable bonds is 7. The van der Waals surface area contributed by atoms with Gasteiger partial charge in [-0.3, -0.25) is 4.79 Å². The van der Waals surface area contributed by atoms with Crippen LogP contribution in [0.1, 0.15) is 87.1 Å². The van der Waals surface area contributed by atoms with E-state index in [0.29, 0.717) is 12.3 Å². The fourth-order valence-corrected chi connectivity index (χ4v) is 7.04. The number of ketones is 1. The first-order valence-electron chi connectivity index (χ1n) is 13.2. The fraction of sp³-hybridized carbons (Fsp3) is 0.375. The van der Waals surface area contributed by atoms with Gasteiger partial charge in [0.1, 0.15) is 0 Å². The zero-order valence-electron chi connectivity index (χ0n) is 21.4. The van der Waals surface area contributed by atoms with E-state index in [1.807, 2.05) is 29.5 Å². The molecule has 4 rings (SSSR count). The molecule has 36 heavy (non-hydrogen) atoms. The monoisotopic (exact) mass is 561 g/mol. The molecule has 0 radical (unpaired) electrons. The largest absolute Gasteiger partial charge is 0.301 e. The quantitative estimate of drug-likeness (QED) is 0.335. The zero-order chi connectivity index (χ0) is 25.5. The summed E-state index contributed by atoms with van der Waals surface area (Å²) in [4.78, 5) is 14.5. The van der Waals surface area contributed by atoms with Gasteiger partial charge >= 0.3 is 0 Å². The summed E-state index contributed by atoms with van der Waals surface area (Å²) in [6.07, 6.45) is 16.9. The number of thiophene rings is 1. The number of aryl methyl sites for hydroxylation is 1. The number of carbonyl (C=O) groups excluding carboxylic acids is 1. The Kier molecular flexibility index (Phi) is 9.50. The smallest absolute Gasteiger partial charge is 0.202 e. The molecule has 1 aromatic carbocycles. The lowest BCUT2D eigenvalue weighted by atomic mass is 9.85. The van der Waals surface area contributed by atoms with Crippen molar-refractivity contribution in [3.05, 3.63) is 97.2 Å². The van der Waals surface area contributed by atoms with Crippen LogP contribution in [0.5, 0.6) is 0 Å². The van der Waals surface area contributed by atoms with Crippen LogP contribution in [0.3, 0.4) is 0 Å². The number of hydrogen-bond donors (Lipinski definition) is 1. The number of Topliss-reactive ketones (excluding diaryl/α,β-unsaturated/α-hetero) is 1. The van der Waals surface area contributed by atoms with E-state index in [2.05, 4.69) is 72.3 Å². The second-order valence-corrected chi connectivity index (χ2v) is 12.2. The predicted octanol–water partition coefficient (Wildman–Crippen LogP) is 9.78. The summed E-state index contributed by atoms with van der Waals surface area (Å²) in [7, 11) is 0. The molecule has 1 heterocycles. The molecule has 1 unspecified atom stereocenters. The summed E-state index contributed by atoms with van der Waals surface area (Å²) < 4.78 is 1.19. The molecule has 2 aliphatic carbocycles. The van der Waals surface area contributed by atoms with Crippen molar-refractivity contribution < 1.29 is 4.79 Å². The Morgan fingerprint density at radius 1 is 1.14 bits per heavy atom. The summed E-state index contributed by atoms with van der Waals surface area (Å²) in [5.41, 5.74) is 7.91. The minimum atomic E-state index is -0.0602. The first kappa shape index (κ1) is 26.8. The number of halogens is 1. The maximum atomic E-state index is 13.1. The molecule has 1 aromatic heterocycles. The summed E-state index contributed by atoms with van der Waals surface area (Å²) >= 11 is 5.61. The molecule has 1 N–H and O–H groups in total. The molecule has 1 atom stereocenters. The van der Waals surface area contributed by atoms with Crippen LogP contribution in [-0.2, 0) is 11.2 Å². The van der Waals surface area contributed by atoms with Crippen molar-refractivity contribution in [3.63, 3.8) is 0 Å². The number of benzene rings is 1. The Hall–Kier alpha value is -2.30. The van der Waals surface area contributed by atoms with Crippen molar-refractivity contribution in [2.24, 2.45) is 0 Å². The highest BCUT2D eigenvalue weighted by Crippen LogP contribution is 2.45. The Balaban J connectivity index is 1.53. The molecule has 0 saturated carbocycles. The summed E-state index contributed by atoms with van der Waals surface area (Å²) in [5.74, 6) is 0.435. The van der Waals surface area contributed by atoms with Crippen LogP contribution in [-0.4, -0.2) is 11.5 Å². The molecule has 0 aliphatic heterocycles. The first-order valence-corrected chi connectivity index (χ1v) is 14.8. The van der Waals surface area contributed by atoms with Crippen LogP contribution in [0.15, 0.2) is 81.2 Å². The Bertz CT molecular complexity index is 1230. The molecular weight excluding hydrogens is 526 g/mol. The van der Waals surface area contributed by atoms with Crippen LogP contribution >= 0.6 is 27.3 Å². The van der Waals surface area contributed by atoms with E-state index in [4.69, 9.17) is 5.41 Å². The van der Waals surface area contributed by atoms with Crippen LogP contribution in [0.25, 0.3) is 5.57 Å². The second kappa shape index (κ2) is 12.8. The minimum Gasteiger partial charge on any atom is -0.301 e. The fourth-order valence-electron chi connectivity index (χ4n) is 5.18. The van der Waals surface area contributed by atoms with Gasteiger partial charge in [0.15, 0.2) is 0 Å². The first-order chi connectivity index (χ1) is 17.5. The SMILES string of the molecule is CCC1=C(C2=CCCCC(C(=O)C(=N)CCc3ccccc3)=CCC2)c2sc(Br)cc2C(C)CC=C1. The standard InChI is InChI=1S/C32H36BrNOS/c1-3-24-16-9-11-22(2)27-21-29(33)36-32(27)30(24)25-14-7-8-15-26(18-10-17-25)31(35)28(34)20-19-23-12-5-4-6-13-23/h4-6,9,12-14,16,18,21-22,34H,3,7-8,10-11,15,17,19-20H2,1-2H3. The molecule has 0 saturated heterocycles. The van der Waals surface area contributed by atoms with E-state index in [9.17, 15) is 4.79 Å². The van der Waals surface area contributed by atoms with E-state index < -0.39 is 0 Å². The predicted molar refractivity (Wildman–Crippen MR) is 158 cm³/mol. The Labute approximate surface area is 228 Å². The van der Waals surface area contributed by atoms with Crippen LogP contribution in [0.4, 0.5) is 0 Å². The van der Waals surface area contributed by atoms with E-state index in [1.165, 1.54) is 36.5 Å². The molecular formula is C32H36BrNOS. The van der Waals surface area contributed by atoms with Crippen molar-refractivity contribution in [1.29, 1.82) is 5.41 Å². The highest BCUT2D eigenvalue weighted by atomic mass is 79.9. The minimum absolute atomic E-state index is 0.0602. The van der Waals surface area contributed by atoms with Gasteiger partial charge in [0.05, 0.1) is 9.50 Å². The average molecular weight is 563 g/mol. The summed E-state index contributed by atoms with van der Waals surface area (Å²) in [5, 5.41) is 8.44. The number of fused-ring (bicyclic) bond motifs is 1. The van der Waals surface area contributed by atoms with Crippen LogP contribution in [0, 0.1) is 5.41 Å². The van der Waals surface area contributed by atoms with Gasteiger partial charge in [0.2, 0.25) is 5.78 Å². The van der Waals surface area contributed by atoms with Crippen LogP contribution in [0.2, 0.25) is 0 Å². The van der Waals surface area contributed by atoms with Crippen molar-refractivity contribution in [1.82, 2.24) is 0 Å². The lowest BCUT2D eigenvalue weighted by Crippen LogP contribution is -2.16. The van der Waals surface area contributed by atoms with Gasteiger partial charge in [-0.05, 0) is 119 Å². The molecule has 0 amide bonds. The summed E-state index contributed by atoms with van der Waals surface area (Å²) in [6.45, 7) is 4.57. The van der Waals surface area contributed by atoms with Gasteiger partial charge in [0.25, 0.3) is 0 Å². The number of carbonyl (C=O) groups is 1. The lowest BCUT2D eigenvalue weighted by molar-refractivity contribution is -0.110. The van der Waals surface area contributed by atoms with Gasteiger partial charge in [-0.2, -0.15) is 0 Å². The number of allylic oxidation sites excluding steroid dienone is 8. The van der Waals surface area contributed by atoms with E-state index >= 15 is 0 Å². The highest BCUT2D eigenvalue weighted by molar-refractivity contribution is 9.11. The molecule has 0 bridgehead atoms. The number of nitrogens with one attached hydrogen (secondary N) is 1. The molecule has 4 heteroatoms. The summed E-state index contributed by atoms with van der Waals surface area (Å²) in [6, 6.07) is 12.4. The van der Waals surface area contributed by atoms with Crippen molar-refractivity contribution in [3.8, 4) is 0 Å². The molecule has 0 spiro atoms. The maximum Gasteiger partial charge on any atom is 0.202 e. The average Bonchev–Trinajstić information content (AvgIpc) is 3.31. The van der Waals surface area contributed by atoms with Gasteiger partial charge < -0.3 is 5.41 Å². The zero-order valence-corrected chi connectivity index (χ0v) is 23.8. The van der Waals surface area contributed by atoms with Gasteiger partial charge in [-0.15, -0.1) is 11.3 Å². The van der Waals surface area contributed by atoms with E-state index in [-0.39, 0.29) is 11.5 Å². The van der Waals surface area contributed by atoms with Crippen molar-refractivity contribution in [2.75, 3.05) is 0 Å². The van der Waals surface area contributed by atoms with Gasteiger partial charge in [-0.25, -0.2) is 0 Å². The maximum absolute atomic E-state index is 13.1. The van der Waals surface area contributed by atoms with E-state index in [1.54, 1.807) is 0 Å². The Morgan fingerprint density at radius 2 is 1.94 bits per heavy atom. The third-order valence-electron chi connectivity index (χ3n) is 7.24. The van der Waals surface area contributed by atoms with Gasteiger partial charge in [0, 0.05) is 4.88 Å². The molecule has 2 aromatic rings. The van der Waals surface area contributed by atoms with Crippen molar-refractivity contribution >= 4 is 44.3 Å². The normalized spacial score (nSPS) is 18.7. The van der Waals surface area contributed by atoms with E-state index in [0.717, 1.165) is 56.9 Å². The number of hydrogen-bond acceptors (Lipinski definition) is 3. The third-order valence-corrected chi connectivity index (χ3v) is 8.91. The lowest BCUT2D eigenvalue weighted by Gasteiger charge is -2.21. The third kappa shape index (κ3) is 6.52. The molecule has 2 nitrogen and oxygen atoms in total. The molecule has 2 aliphatic rings. The second-order valence-electron chi connectivity index (χ2n) is 9.81. The van der Waals surface area contributed by atoms with Crippen LogP contribution < -0.4 is 0 Å². The highest BCUT2D eigenvalue weighted by Gasteiger charge is 2.23. The van der Waals surface area contributed by atoms with Crippen molar-refractivity contribution in [2.45, 2.75) is 77.6 Å². The molecule has 188 valence electrons. The topological polar surface area (TPSA) is 40.9 Å².